The number of azo groups is 1. The topological polar surface area (TPSA) is 229 Å². The fraction of sp³-hybridized carbons (Fsp3) is 0. The van der Waals surface area contributed by atoms with Crippen LogP contribution in [0.25, 0.3) is 0 Å². The van der Waals surface area contributed by atoms with Crippen molar-refractivity contribution in [1.29, 1.82) is 0 Å². The fourth-order valence-corrected chi connectivity index (χ4v) is 4.33. The molecular weight excluding hydrogens is 480 g/mol. The van der Waals surface area contributed by atoms with Crippen LogP contribution in [0, 0.1) is 0 Å². The molecule has 0 amide bonds. The Hall–Kier alpha value is -3.60. The van der Waals surface area contributed by atoms with Gasteiger partial charge < -0.3 is 21.9 Å². The number of nitrogens with one attached hydrogen (secondary N) is 1. The predicted molar refractivity (Wildman–Crippen MR) is 118 cm³/mol. The van der Waals surface area contributed by atoms with Gasteiger partial charge in [0.1, 0.15) is 0 Å². The number of primary sulfonamides is 1. The van der Waals surface area contributed by atoms with Crippen molar-refractivity contribution in [3.63, 3.8) is 0 Å². The summed E-state index contributed by atoms with van der Waals surface area (Å²) in [4.78, 5) is 3.73. The molecule has 0 fully saturated rings. The van der Waals surface area contributed by atoms with Gasteiger partial charge >= 0.3 is 0 Å². The number of hydrogen-bond acceptors (Lipinski definition) is 10. The molecule has 8 N–H and O–H groups in total. The first-order valence-corrected chi connectivity index (χ1v) is 12.2. The van der Waals surface area contributed by atoms with Crippen molar-refractivity contribution in [2.45, 2.75) is 9.79 Å². The van der Waals surface area contributed by atoms with E-state index in [1.807, 2.05) is 0 Å². The molecule has 0 unspecified atom stereocenters. The van der Waals surface area contributed by atoms with E-state index in [0.717, 1.165) is 11.3 Å². The molecule has 0 saturated carbocycles. The second-order valence-electron chi connectivity index (χ2n) is 6.03. The molecule has 3 rings (SSSR count). The monoisotopic (exact) mass is 496 g/mol. The molecule has 168 valence electrons. The number of guanidine groups is 1. The van der Waals surface area contributed by atoms with E-state index in [4.69, 9.17) is 16.6 Å². The Morgan fingerprint density at radius 1 is 0.938 bits per heavy atom. The number of nitrogens with zero attached hydrogens (tertiary/aromatic N) is 4. The molecule has 2 aromatic carbocycles. The molecule has 0 radical (unpaired) electrons. The third-order valence-electron chi connectivity index (χ3n) is 3.64. The molecule has 0 bridgehead atoms. The van der Waals surface area contributed by atoms with E-state index < -0.39 is 26.0 Å². The summed E-state index contributed by atoms with van der Waals surface area (Å²) in [5, 5.41) is 26.1. The number of aromatic hydroxyl groups is 1. The minimum atomic E-state index is -4.02. The van der Waals surface area contributed by atoms with Crippen molar-refractivity contribution in [3.05, 3.63) is 48.5 Å². The second-order valence-corrected chi connectivity index (χ2v) is 10.2. The van der Waals surface area contributed by atoms with Crippen molar-refractivity contribution in [2.75, 3.05) is 5.32 Å². The summed E-state index contributed by atoms with van der Waals surface area (Å²) in [7, 11) is -7.82. The average molecular weight is 497 g/mol. The van der Waals surface area contributed by atoms with E-state index in [0.29, 0.717) is 11.4 Å². The van der Waals surface area contributed by atoms with E-state index in [2.05, 4.69) is 24.9 Å². The first-order chi connectivity index (χ1) is 14.9. The first kappa shape index (κ1) is 23.1. The van der Waals surface area contributed by atoms with E-state index in [9.17, 15) is 21.9 Å². The van der Waals surface area contributed by atoms with Gasteiger partial charge in [-0.1, -0.05) is 11.3 Å². The van der Waals surface area contributed by atoms with Crippen LogP contribution in [-0.2, 0) is 20.0 Å². The third-order valence-corrected chi connectivity index (χ3v) is 6.74. The minimum Gasteiger partial charge on any atom is -0.491 e. The van der Waals surface area contributed by atoms with Crippen LogP contribution in [0.5, 0.6) is 5.88 Å². The van der Waals surface area contributed by atoms with Gasteiger partial charge in [-0.3, -0.25) is 0 Å². The summed E-state index contributed by atoms with van der Waals surface area (Å²) in [6.45, 7) is 0. The zero-order valence-electron chi connectivity index (χ0n) is 15.9. The molecule has 1 aromatic heterocycles. The maximum atomic E-state index is 11.9. The van der Waals surface area contributed by atoms with Crippen LogP contribution in [0.4, 0.5) is 21.5 Å². The Morgan fingerprint density at radius 2 is 1.53 bits per heavy atom. The maximum absolute atomic E-state index is 11.9. The lowest BCUT2D eigenvalue weighted by molar-refractivity contribution is 0.459. The highest BCUT2D eigenvalue weighted by atomic mass is 32.2. The van der Waals surface area contributed by atoms with Crippen molar-refractivity contribution in [1.82, 2.24) is 4.98 Å². The smallest absolute Gasteiger partial charge is 0.285 e. The summed E-state index contributed by atoms with van der Waals surface area (Å²) in [5.74, 6) is -0.964. The predicted octanol–water partition coefficient (Wildman–Crippen LogP) is 1.62. The highest BCUT2D eigenvalue weighted by Crippen LogP contribution is 2.38. The van der Waals surface area contributed by atoms with Crippen LogP contribution in [0.2, 0.25) is 0 Å². The average Bonchev–Trinajstić information content (AvgIpc) is 3.04. The molecule has 32 heavy (non-hydrogen) atoms. The number of benzene rings is 2. The molecule has 0 saturated heterocycles. The molecule has 1 heterocycles. The lowest BCUT2D eigenvalue weighted by atomic mass is 10.3. The largest absolute Gasteiger partial charge is 0.491 e. The second kappa shape index (κ2) is 8.87. The lowest BCUT2D eigenvalue weighted by Gasteiger charge is -2.03. The Morgan fingerprint density at radius 3 is 2.09 bits per heavy atom. The van der Waals surface area contributed by atoms with E-state index in [-0.39, 0.29) is 25.8 Å². The third kappa shape index (κ3) is 5.76. The highest BCUT2D eigenvalue weighted by molar-refractivity contribution is 7.90. The fourth-order valence-electron chi connectivity index (χ4n) is 2.25. The summed E-state index contributed by atoms with van der Waals surface area (Å²) in [5.41, 5.74) is 11.0. The van der Waals surface area contributed by atoms with Crippen molar-refractivity contribution >= 4 is 58.9 Å². The molecule has 0 aliphatic carbocycles. The first-order valence-electron chi connectivity index (χ1n) is 8.41. The standard InChI is InChI=1S/C16H16N8O5S3/c17-15(18)24-32(28,29)12-7-3-10(4-8-12)22-23-14-13(25)21-16(30-14)20-9-1-5-11(6-2-9)31(19,26)27/h1-8,25H,(H,20,21)(H4,17,18,24)(H2,19,26,27). The quantitative estimate of drug-likeness (QED) is 0.181. The number of anilines is 2. The molecular formula is C16H16N8O5S3. The Bertz CT molecular complexity index is 1390. The Balaban J connectivity index is 1.73. The van der Waals surface area contributed by atoms with Gasteiger partial charge in [0, 0.05) is 5.69 Å². The van der Waals surface area contributed by atoms with Gasteiger partial charge in [0.05, 0.1) is 15.5 Å². The number of nitrogens with two attached hydrogens (primary N) is 3. The minimum absolute atomic E-state index is 0.0448. The van der Waals surface area contributed by atoms with Gasteiger partial charge in [-0.2, -0.15) is 13.4 Å². The summed E-state index contributed by atoms with van der Waals surface area (Å²) in [6, 6.07) is 10.9. The van der Waals surface area contributed by atoms with Crippen LogP contribution in [0.3, 0.4) is 0 Å². The molecule has 13 nitrogen and oxygen atoms in total. The van der Waals surface area contributed by atoms with Gasteiger partial charge in [0.25, 0.3) is 15.9 Å². The normalized spacial score (nSPS) is 12.0. The Kier molecular flexibility index (Phi) is 6.40. The zero-order valence-corrected chi connectivity index (χ0v) is 18.4. The van der Waals surface area contributed by atoms with Gasteiger partial charge in [-0.05, 0) is 48.5 Å². The number of aromatic nitrogens is 1. The zero-order chi connectivity index (χ0) is 23.5. The van der Waals surface area contributed by atoms with Crippen molar-refractivity contribution in [3.8, 4) is 5.88 Å². The molecule has 16 heteroatoms. The molecule has 0 aliphatic rings. The van der Waals surface area contributed by atoms with Crippen LogP contribution >= 0.6 is 11.3 Å². The highest BCUT2D eigenvalue weighted by Gasteiger charge is 2.14. The molecule has 0 atom stereocenters. The van der Waals surface area contributed by atoms with Crippen molar-refractivity contribution in [2.24, 2.45) is 31.2 Å². The maximum Gasteiger partial charge on any atom is 0.285 e. The number of rotatable bonds is 7. The summed E-state index contributed by atoms with van der Waals surface area (Å²) in [6.07, 6.45) is 0. The van der Waals surface area contributed by atoms with Crippen LogP contribution < -0.4 is 21.9 Å². The number of sulfonamides is 2. The van der Waals surface area contributed by atoms with Gasteiger partial charge in [-0.15, -0.1) is 14.6 Å². The van der Waals surface area contributed by atoms with Gasteiger partial charge in [0.15, 0.2) is 5.13 Å². The van der Waals surface area contributed by atoms with E-state index in [1.165, 1.54) is 48.5 Å². The molecule has 0 spiro atoms. The van der Waals surface area contributed by atoms with E-state index >= 15 is 0 Å². The van der Waals surface area contributed by atoms with Crippen LogP contribution in [0.15, 0.2) is 72.9 Å². The summed E-state index contributed by atoms with van der Waals surface area (Å²) < 4.78 is 49.6. The van der Waals surface area contributed by atoms with Gasteiger partial charge in [-0.25, -0.2) is 13.6 Å². The number of hydrogen-bond donors (Lipinski definition) is 5. The SMILES string of the molecule is NC(N)=NS(=O)(=O)c1ccc(N=Nc2sc(Nc3ccc(S(N)(=O)=O)cc3)nc2O)cc1. The molecule has 0 aliphatic heterocycles. The molecule has 3 aromatic rings. The summed E-state index contributed by atoms with van der Waals surface area (Å²) >= 11 is 0.981. The van der Waals surface area contributed by atoms with Gasteiger partial charge in [0.2, 0.25) is 21.0 Å². The van der Waals surface area contributed by atoms with Crippen molar-refractivity contribution < 1.29 is 21.9 Å². The van der Waals surface area contributed by atoms with Crippen LogP contribution in [0.1, 0.15) is 0 Å². The van der Waals surface area contributed by atoms with E-state index in [1.54, 1.807) is 0 Å². The van der Waals surface area contributed by atoms with Crippen LogP contribution in [-0.4, -0.2) is 32.9 Å². The Labute approximate surface area is 186 Å². The lowest BCUT2D eigenvalue weighted by Crippen LogP contribution is -2.24. The number of thiazole rings is 1.